The third-order valence-electron chi connectivity index (χ3n) is 6.45. The Balaban J connectivity index is 1.78. The topological polar surface area (TPSA) is 96.5 Å². The largest absolute Gasteiger partial charge is 0.493 e. The molecule has 0 radical (unpaired) electrons. The SMILES string of the molecule is COc1ccc(C(C(=O)NC2CCCC2)N(Cc2ccc(C)cc2)C(=O)c2ccn[nH]2)cc1OC. The molecule has 8 heteroatoms. The number of aromatic nitrogens is 2. The van der Waals surface area contributed by atoms with Crippen molar-refractivity contribution in [2.75, 3.05) is 14.2 Å². The molecule has 2 aromatic carbocycles. The number of rotatable bonds is 9. The highest BCUT2D eigenvalue weighted by atomic mass is 16.5. The summed E-state index contributed by atoms with van der Waals surface area (Å²) in [6, 6.07) is 14.1. The molecule has 1 aliphatic rings. The molecule has 2 N–H and O–H groups in total. The van der Waals surface area contributed by atoms with Crippen LogP contribution in [0.3, 0.4) is 0 Å². The number of carbonyl (C=O) groups excluding carboxylic acids is 2. The number of hydrogen-bond acceptors (Lipinski definition) is 5. The van der Waals surface area contributed by atoms with Gasteiger partial charge < -0.3 is 19.7 Å². The van der Waals surface area contributed by atoms with Gasteiger partial charge in [-0.05, 0) is 49.1 Å². The van der Waals surface area contributed by atoms with Crippen molar-refractivity contribution in [2.24, 2.45) is 0 Å². The quantitative estimate of drug-likeness (QED) is 0.483. The Bertz CT molecular complexity index is 1140. The third-order valence-corrected chi connectivity index (χ3v) is 6.45. The fraction of sp³-hybridized carbons (Fsp3) is 0.370. The van der Waals surface area contributed by atoms with Crippen LogP contribution in [0.25, 0.3) is 0 Å². The Labute approximate surface area is 205 Å². The fourth-order valence-corrected chi connectivity index (χ4v) is 4.55. The third kappa shape index (κ3) is 5.65. The molecule has 1 fully saturated rings. The number of benzene rings is 2. The summed E-state index contributed by atoms with van der Waals surface area (Å²) in [6.07, 6.45) is 5.59. The van der Waals surface area contributed by atoms with Crippen molar-refractivity contribution in [2.45, 2.75) is 51.2 Å². The van der Waals surface area contributed by atoms with Crippen LogP contribution < -0.4 is 14.8 Å². The van der Waals surface area contributed by atoms with E-state index in [2.05, 4.69) is 15.5 Å². The van der Waals surface area contributed by atoms with Gasteiger partial charge in [0, 0.05) is 18.8 Å². The summed E-state index contributed by atoms with van der Waals surface area (Å²) in [5.74, 6) is 0.512. The van der Waals surface area contributed by atoms with Gasteiger partial charge >= 0.3 is 0 Å². The standard InChI is InChI=1S/C27H32N4O4/c1-18-8-10-19(11-9-18)17-31(27(33)22-14-15-28-30-22)25(26(32)29-21-6-4-5-7-21)20-12-13-23(34-2)24(16-20)35-3/h8-16,21,25H,4-7,17H2,1-3H3,(H,28,30)(H,29,32). The lowest BCUT2D eigenvalue weighted by Crippen LogP contribution is -2.46. The van der Waals surface area contributed by atoms with Crippen molar-refractivity contribution >= 4 is 11.8 Å². The fourth-order valence-electron chi connectivity index (χ4n) is 4.55. The number of nitrogens with one attached hydrogen (secondary N) is 2. The molecule has 0 spiro atoms. The summed E-state index contributed by atoms with van der Waals surface area (Å²) in [5, 5.41) is 9.89. The summed E-state index contributed by atoms with van der Waals surface area (Å²) in [6.45, 7) is 2.26. The van der Waals surface area contributed by atoms with Crippen molar-refractivity contribution in [3.63, 3.8) is 0 Å². The summed E-state index contributed by atoms with van der Waals surface area (Å²) < 4.78 is 10.9. The number of H-pyrrole nitrogens is 1. The zero-order valence-corrected chi connectivity index (χ0v) is 20.4. The average Bonchev–Trinajstić information content (AvgIpc) is 3.59. The summed E-state index contributed by atoms with van der Waals surface area (Å²) in [4.78, 5) is 29.1. The van der Waals surface area contributed by atoms with Crippen LogP contribution in [0.15, 0.2) is 54.7 Å². The van der Waals surface area contributed by atoms with Crippen LogP contribution in [-0.2, 0) is 11.3 Å². The maximum absolute atomic E-state index is 13.8. The highest BCUT2D eigenvalue weighted by Crippen LogP contribution is 2.34. The van der Waals surface area contributed by atoms with Crippen molar-refractivity contribution in [3.05, 3.63) is 77.1 Å². The van der Waals surface area contributed by atoms with E-state index >= 15 is 0 Å². The van der Waals surface area contributed by atoms with Crippen molar-refractivity contribution in [3.8, 4) is 11.5 Å². The lowest BCUT2D eigenvalue weighted by atomic mass is 10.0. The van der Waals surface area contributed by atoms with Crippen molar-refractivity contribution < 1.29 is 19.1 Å². The number of hydrogen-bond donors (Lipinski definition) is 2. The first-order valence-corrected chi connectivity index (χ1v) is 11.9. The Morgan fingerprint density at radius 1 is 1.06 bits per heavy atom. The van der Waals surface area contributed by atoms with Crippen LogP contribution in [-0.4, -0.2) is 47.2 Å². The number of carbonyl (C=O) groups is 2. The van der Waals surface area contributed by atoms with Crippen LogP contribution in [0, 0.1) is 6.92 Å². The van der Waals surface area contributed by atoms with Gasteiger partial charge in [0.25, 0.3) is 5.91 Å². The number of aryl methyl sites for hydroxylation is 1. The highest BCUT2D eigenvalue weighted by Gasteiger charge is 2.35. The Morgan fingerprint density at radius 2 is 1.77 bits per heavy atom. The molecule has 0 bridgehead atoms. The van der Waals surface area contributed by atoms with Gasteiger partial charge in [-0.2, -0.15) is 5.10 Å². The predicted molar refractivity (Wildman–Crippen MR) is 132 cm³/mol. The highest BCUT2D eigenvalue weighted by molar-refractivity contribution is 5.96. The smallest absolute Gasteiger partial charge is 0.273 e. The summed E-state index contributed by atoms with van der Waals surface area (Å²) in [5.41, 5.74) is 2.99. The molecule has 8 nitrogen and oxygen atoms in total. The zero-order valence-electron chi connectivity index (χ0n) is 20.4. The van der Waals surface area contributed by atoms with E-state index in [-0.39, 0.29) is 24.4 Å². The molecular weight excluding hydrogens is 444 g/mol. The normalized spacial score (nSPS) is 14.4. The summed E-state index contributed by atoms with van der Waals surface area (Å²) in [7, 11) is 3.11. The minimum Gasteiger partial charge on any atom is -0.493 e. The molecule has 1 aromatic heterocycles. The van der Waals surface area contributed by atoms with E-state index in [1.165, 1.54) is 6.20 Å². The molecule has 0 saturated heterocycles. The molecule has 1 aliphatic carbocycles. The first kappa shape index (κ1) is 24.3. The summed E-state index contributed by atoms with van der Waals surface area (Å²) >= 11 is 0. The number of nitrogens with zero attached hydrogens (tertiary/aromatic N) is 2. The molecule has 2 amide bonds. The number of amides is 2. The van der Waals surface area contributed by atoms with Crippen molar-refractivity contribution in [1.82, 2.24) is 20.4 Å². The lowest BCUT2D eigenvalue weighted by Gasteiger charge is -2.32. The Hall–Kier alpha value is -3.81. The molecule has 1 saturated carbocycles. The van der Waals surface area contributed by atoms with E-state index in [9.17, 15) is 9.59 Å². The zero-order chi connectivity index (χ0) is 24.8. The van der Waals surface area contributed by atoms with Gasteiger partial charge in [0.15, 0.2) is 11.5 Å². The van der Waals surface area contributed by atoms with Gasteiger partial charge in [-0.3, -0.25) is 14.7 Å². The Kier molecular flexibility index (Phi) is 7.70. The second kappa shape index (κ2) is 11.1. The molecule has 1 unspecified atom stereocenters. The van der Waals surface area contributed by atoms with Crippen LogP contribution in [0.5, 0.6) is 11.5 Å². The van der Waals surface area contributed by atoms with E-state index in [1.54, 1.807) is 37.3 Å². The van der Waals surface area contributed by atoms with E-state index in [0.717, 1.165) is 36.8 Å². The van der Waals surface area contributed by atoms with Gasteiger partial charge in [-0.15, -0.1) is 0 Å². The molecule has 1 heterocycles. The number of ether oxygens (including phenoxy) is 2. The number of methoxy groups -OCH3 is 2. The average molecular weight is 477 g/mol. The van der Waals surface area contributed by atoms with E-state index < -0.39 is 6.04 Å². The van der Waals surface area contributed by atoms with Crippen molar-refractivity contribution in [1.29, 1.82) is 0 Å². The molecular formula is C27H32N4O4. The van der Waals surface area contributed by atoms with E-state index in [4.69, 9.17) is 9.47 Å². The monoisotopic (exact) mass is 476 g/mol. The minimum atomic E-state index is -0.882. The van der Waals surface area contributed by atoms with Gasteiger partial charge in [0.2, 0.25) is 5.91 Å². The van der Waals surface area contributed by atoms with Crippen LogP contribution >= 0.6 is 0 Å². The molecule has 4 rings (SSSR count). The van der Waals surface area contributed by atoms with E-state index in [0.29, 0.717) is 22.8 Å². The molecule has 3 aromatic rings. The molecule has 35 heavy (non-hydrogen) atoms. The first-order chi connectivity index (χ1) is 17.0. The second-order valence-corrected chi connectivity index (χ2v) is 8.90. The predicted octanol–water partition coefficient (Wildman–Crippen LogP) is 4.18. The second-order valence-electron chi connectivity index (χ2n) is 8.90. The minimum absolute atomic E-state index is 0.105. The van der Waals surface area contributed by atoms with Crippen LogP contribution in [0.2, 0.25) is 0 Å². The maximum atomic E-state index is 13.8. The molecule has 184 valence electrons. The van der Waals surface area contributed by atoms with Crippen LogP contribution in [0.1, 0.15) is 58.9 Å². The van der Waals surface area contributed by atoms with E-state index in [1.807, 2.05) is 37.3 Å². The van der Waals surface area contributed by atoms with Gasteiger partial charge in [-0.1, -0.05) is 48.7 Å². The number of aromatic amines is 1. The Morgan fingerprint density at radius 3 is 2.40 bits per heavy atom. The van der Waals surface area contributed by atoms with Gasteiger partial charge in [0.1, 0.15) is 11.7 Å². The van der Waals surface area contributed by atoms with Gasteiger partial charge in [0.05, 0.1) is 14.2 Å². The molecule has 0 aliphatic heterocycles. The lowest BCUT2D eigenvalue weighted by molar-refractivity contribution is -0.126. The maximum Gasteiger partial charge on any atom is 0.273 e. The molecule has 1 atom stereocenters. The van der Waals surface area contributed by atoms with Gasteiger partial charge in [-0.25, -0.2) is 0 Å². The van der Waals surface area contributed by atoms with Crippen LogP contribution in [0.4, 0.5) is 0 Å². The first-order valence-electron chi connectivity index (χ1n) is 11.9.